The van der Waals surface area contributed by atoms with E-state index in [9.17, 15) is 9.18 Å². The molecule has 1 fully saturated rings. The van der Waals surface area contributed by atoms with E-state index in [-0.39, 0.29) is 11.7 Å². The van der Waals surface area contributed by atoms with Crippen LogP contribution in [-0.2, 0) is 0 Å². The predicted octanol–water partition coefficient (Wildman–Crippen LogP) is 1.57. The molecule has 1 amide bonds. The Kier molecular flexibility index (Phi) is 3.43. The third-order valence-corrected chi connectivity index (χ3v) is 3.06. The van der Waals surface area contributed by atoms with E-state index in [1.807, 2.05) is 4.90 Å². The van der Waals surface area contributed by atoms with Gasteiger partial charge < -0.3 is 10.2 Å². The second kappa shape index (κ2) is 4.84. The van der Waals surface area contributed by atoms with Crippen LogP contribution in [0.2, 0.25) is 0 Å². The summed E-state index contributed by atoms with van der Waals surface area (Å²) in [6, 6.07) is 4.84. The lowest BCUT2D eigenvalue weighted by Gasteiger charge is -2.32. The second-order valence-corrected chi connectivity index (χ2v) is 4.57. The number of rotatable bonds is 1. The predicted molar refractivity (Wildman–Crippen MR) is 64.5 cm³/mol. The SMILES string of the molecule is Cc1cc(C(=O)N2CCN[C@@H](C)C2)ccc1F. The van der Waals surface area contributed by atoms with E-state index in [1.54, 1.807) is 19.1 Å². The van der Waals surface area contributed by atoms with Crippen LogP contribution in [-0.4, -0.2) is 36.5 Å². The highest BCUT2D eigenvalue weighted by molar-refractivity contribution is 5.94. The Balaban J connectivity index is 2.15. The summed E-state index contributed by atoms with van der Waals surface area (Å²) >= 11 is 0. The van der Waals surface area contributed by atoms with Gasteiger partial charge in [0.15, 0.2) is 0 Å². The van der Waals surface area contributed by atoms with Gasteiger partial charge in [0.05, 0.1) is 0 Å². The van der Waals surface area contributed by atoms with Crippen LogP contribution in [0, 0.1) is 12.7 Å². The third-order valence-electron chi connectivity index (χ3n) is 3.06. The van der Waals surface area contributed by atoms with E-state index < -0.39 is 0 Å². The molecule has 1 aromatic rings. The molecule has 92 valence electrons. The quantitative estimate of drug-likeness (QED) is 0.802. The van der Waals surface area contributed by atoms with Crippen molar-refractivity contribution >= 4 is 5.91 Å². The Morgan fingerprint density at radius 1 is 1.53 bits per heavy atom. The number of amides is 1. The van der Waals surface area contributed by atoms with Crippen molar-refractivity contribution in [2.24, 2.45) is 0 Å². The van der Waals surface area contributed by atoms with Crippen molar-refractivity contribution in [2.75, 3.05) is 19.6 Å². The van der Waals surface area contributed by atoms with Crippen LogP contribution in [0.5, 0.6) is 0 Å². The number of hydrogen-bond acceptors (Lipinski definition) is 2. The normalized spacial score (nSPS) is 20.4. The molecule has 3 nitrogen and oxygen atoms in total. The molecule has 1 aromatic carbocycles. The number of hydrogen-bond donors (Lipinski definition) is 1. The number of piperazine rings is 1. The summed E-state index contributed by atoms with van der Waals surface area (Å²) in [6.45, 7) is 5.95. The Morgan fingerprint density at radius 3 is 2.94 bits per heavy atom. The fourth-order valence-electron chi connectivity index (χ4n) is 2.08. The number of carbonyl (C=O) groups is 1. The fourth-order valence-corrected chi connectivity index (χ4v) is 2.08. The molecule has 2 rings (SSSR count). The number of halogens is 1. The Morgan fingerprint density at radius 2 is 2.29 bits per heavy atom. The van der Waals surface area contributed by atoms with E-state index in [0.29, 0.717) is 30.3 Å². The molecule has 0 aromatic heterocycles. The zero-order valence-electron chi connectivity index (χ0n) is 10.2. The first-order chi connectivity index (χ1) is 8.08. The summed E-state index contributed by atoms with van der Waals surface area (Å²) < 4.78 is 13.1. The summed E-state index contributed by atoms with van der Waals surface area (Å²) in [5.74, 6) is -0.281. The smallest absolute Gasteiger partial charge is 0.253 e. The number of benzene rings is 1. The molecule has 0 radical (unpaired) electrons. The highest BCUT2D eigenvalue weighted by atomic mass is 19.1. The summed E-state index contributed by atoms with van der Waals surface area (Å²) in [6.07, 6.45) is 0. The van der Waals surface area contributed by atoms with Gasteiger partial charge in [0.1, 0.15) is 5.82 Å². The minimum Gasteiger partial charge on any atom is -0.336 e. The van der Waals surface area contributed by atoms with E-state index in [0.717, 1.165) is 6.54 Å². The van der Waals surface area contributed by atoms with E-state index >= 15 is 0 Å². The summed E-state index contributed by atoms with van der Waals surface area (Å²) in [7, 11) is 0. The minimum atomic E-state index is -0.268. The lowest BCUT2D eigenvalue weighted by Crippen LogP contribution is -2.51. The van der Waals surface area contributed by atoms with Gasteiger partial charge in [0, 0.05) is 31.2 Å². The highest BCUT2D eigenvalue weighted by Gasteiger charge is 2.21. The summed E-state index contributed by atoms with van der Waals surface area (Å²) in [5, 5.41) is 3.28. The van der Waals surface area contributed by atoms with Crippen molar-refractivity contribution in [3.05, 3.63) is 35.1 Å². The van der Waals surface area contributed by atoms with Gasteiger partial charge >= 0.3 is 0 Å². The maximum atomic E-state index is 13.1. The van der Waals surface area contributed by atoms with Gasteiger partial charge in [0.25, 0.3) is 5.91 Å². The lowest BCUT2D eigenvalue weighted by atomic mass is 10.1. The maximum Gasteiger partial charge on any atom is 0.253 e. The van der Waals surface area contributed by atoms with Gasteiger partial charge in [0.2, 0.25) is 0 Å². The van der Waals surface area contributed by atoms with E-state index in [1.165, 1.54) is 6.07 Å². The summed E-state index contributed by atoms with van der Waals surface area (Å²) in [5.41, 5.74) is 1.08. The molecule has 1 atom stereocenters. The topological polar surface area (TPSA) is 32.3 Å². The van der Waals surface area contributed by atoms with E-state index in [4.69, 9.17) is 0 Å². The molecule has 1 aliphatic rings. The number of aryl methyl sites for hydroxylation is 1. The van der Waals surface area contributed by atoms with Crippen molar-refractivity contribution < 1.29 is 9.18 Å². The van der Waals surface area contributed by atoms with Crippen LogP contribution < -0.4 is 5.32 Å². The molecule has 17 heavy (non-hydrogen) atoms. The highest BCUT2D eigenvalue weighted by Crippen LogP contribution is 2.12. The van der Waals surface area contributed by atoms with Gasteiger partial charge in [-0.15, -0.1) is 0 Å². The van der Waals surface area contributed by atoms with Gasteiger partial charge in [-0.05, 0) is 37.6 Å². The lowest BCUT2D eigenvalue weighted by molar-refractivity contribution is 0.0709. The molecule has 1 N–H and O–H groups in total. The van der Waals surface area contributed by atoms with Gasteiger partial charge in [-0.1, -0.05) is 0 Å². The zero-order chi connectivity index (χ0) is 12.4. The molecule has 0 bridgehead atoms. The van der Waals surface area contributed by atoms with Crippen LogP contribution >= 0.6 is 0 Å². The van der Waals surface area contributed by atoms with Crippen LogP contribution in [0.1, 0.15) is 22.8 Å². The molecule has 4 heteroatoms. The monoisotopic (exact) mass is 236 g/mol. The first-order valence-electron chi connectivity index (χ1n) is 5.87. The average Bonchev–Trinajstić information content (AvgIpc) is 2.32. The van der Waals surface area contributed by atoms with Crippen molar-refractivity contribution in [1.82, 2.24) is 10.2 Å². The summed E-state index contributed by atoms with van der Waals surface area (Å²) in [4.78, 5) is 14.0. The van der Waals surface area contributed by atoms with Gasteiger partial charge in [-0.3, -0.25) is 4.79 Å². The van der Waals surface area contributed by atoms with Gasteiger partial charge in [-0.2, -0.15) is 0 Å². The third kappa shape index (κ3) is 2.64. The van der Waals surface area contributed by atoms with Gasteiger partial charge in [-0.25, -0.2) is 4.39 Å². The molecule has 0 spiro atoms. The molecular weight excluding hydrogens is 219 g/mol. The Hall–Kier alpha value is -1.42. The maximum absolute atomic E-state index is 13.1. The number of nitrogens with one attached hydrogen (secondary N) is 1. The number of nitrogens with zero attached hydrogens (tertiary/aromatic N) is 1. The molecule has 0 unspecified atom stereocenters. The van der Waals surface area contributed by atoms with E-state index in [2.05, 4.69) is 12.2 Å². The van der Waals surface area contributed by atoms with Crippen LogP contribution in [0.4, 0.5) is 4.39 Å². The van der Waals surface area contributed by atoms with Crippen LogP contribution in [0.25, 0.3) is 0 Å². The standard InChI is InChI=1S/C13H17FN2O/c1-9-7-11(3-4-12(9)14)13(17)16-6-5-15-10(2)8-16/h3-4,7,10,15H,5-6,8H2,1-2H3/t10-/m0/s1. The zero-order valence-corrected chi connectivity index (χ0v) is 10.2. The average molecular weight is 236 g/mol. The Labute approximate surface area is 101 Å². The fraction of sp³-hybridized carbons (Fsp3) is 0.462. The molecule has 1 heterocycles. The van der Waals surface area contributed by atoms with Crippen molar-refractivity contribution in [1.29, 1.82) is 0 Å². The first kappa shape index (κ1) is 12.0. The van der Waals surface area contributed by atoms with Crippen molar-refractivity contribution in [3.8, 4) is 0 Å². The number of carbonyl (C=O) groups excluding carboxylic acids is 1. The first-order valence-corrected chi connectivity index (χ1v) is 5.87. The molecule has 0 saturated carbocycles. The molecular formula is C13H17FN2O. The molecule has 1 saturated heterocycles. The second-order valence-electron chi connectivity index (χ2n) is 4.57. The molecule has 0 aliphatic carbocycles. The van der Waals surface area contributed by atoms with Crippen molar-refractivity contribution in [2.45, 2.75) is 19.9 Å². The Bertz CT molecular complexity index is 433. The largest absolute Gasteiger partial charge is 0.336 e. The van der Waals surface area contributed by atoms with Crippen LogP contribution in [0.15, 0.2) is 18.2 Å². The molecule has 1 aliphatic heterocycles. The van der Waals surface area contributed by atoms with Crippen LogP contribution in [0.3, 0.4) is 0 Å². The van der Waals surface area contributed by atoms with Crippen molar-refractivity contribution in [3.63, 3.8) is 0 Å². The minimum absolute atomic E-state index is 0.0125.